The first-order valence-electron chi connectivity index (χ1n) is 9.43. The summed E-state index contributed by atoms with van der Waals surface area (Å²) in [5.74, 6) is 0.976. The van der Waals surface area contributed by atoms with Crippen LogP contribution in [0.25, 0.3) is 0 Å². The molecule has 0 bridgehead atoms. The zero-order valence-corrected chi connectivity index (χ0v) is 18.1. The number of nitrogens with zero attached hydrogens (tertiary/aromatic N) is 2. The predicted molar refractivity (Wildman–Crippen MR) is 110 cm³/mol. The molecule has 0 aliphatic carbocycles. The lowest BCUT2D eigenvalue weighted by molar-refractivity contribution is -0.131. The Balaban J connectivity index is 0.00000312. The Labute approximate surface area is 171 Å². The van der Waals surface area contributed by atoms with Gasteiger partial charge in [-0.25, -0.2) is 0 Å². The third-order valence-corrected chi connectivity index (χ3v) is 5.08. The van der Waals surface area contributed by atoms with Crippen LogP contribution in [-0.4, -0.2) is 87.4 Å². The molecule has 1 N–H and O–H groups in total. The number of hydrogen-bond donors (Lipinski definition) is 1. The van der Waals surface area contributed by atoms with Crippen molar-refractivity contribution in [1.82, 2.24) is 15.1 Å². The number of carbonyl (C=O) groups is 1. The summed E-state index contributed by atoms with van der Waals surface area (Å²) in [6.45, 7) is 11.2. The Morgan fingerprint density at radius 2 is 1.77 bits per heavy atom. The van der Waals surface area contributed by atoms with E-state index in [4.69, 9.17) is 9.47 Å². The topological polar surface area (TPSA) is 54.0 Å². The molecule has 2 unspecified atom stereocenters. The number of halogens is 2. The highest BCUT2D eigenvalue weighted by Gasteiger charge is 2.25. The lowest BCUT2D eigenvalue weighted by atomic mass is 9.93. The van der Waals surface area contributed by atoms with Crippen LogP contribution in [0.3, 0.4) is 0 Å². The van der Waals surface area contributed by atoms with Gasteiger partial charge in [-0.1, -0.05) is 0 Å². The SMILES string of the molecule is COCCNCC(=O)N1CCC(CCN2CC(C)OC(C)C2)CC1.Cl.Cl. The van der Waals surface area contributed by atoms with E-state index in [1.165, 1.54) is 6.42 Å². The number of morpholine rings is 1. The summed E-state index contributed by atoms with van der Waals surface area (Å²) >= 11 is 0. The van der Waals surface area contributed by atoms with E-state index in [2.05, 4.69) is 24.1 Å². The fourth-order valence-electron chi connectivity index (χ4n) is 3.78. The molecule has 8 heteroatoms. The summed E-state index contributed by atoms with van der Waals surface area (Å²) in [4.78, 5) is 16.7. The molecule has 2 fully saturated rings. The van der Waals surface area contributed by atoms with E-state index in [9.17, 15) is 4.79 Å². The van der Waals surface area contributed by atoms with E-state index in [-0.39, 0.29) is 30.7 Å². The number of piperidine rings is 1. The van der Waals surface area contributed by atoms with Gasteiger partial charge < -0.3 is 19.7 Å². The van der Waals surface area contributed by atoms with Gasteiger partial charge in [-0.15, -0.1) is 24.8 Å². The highest BCUT2D eigenvalue weighted by molar-refractivity contribution is 5.85. The van der Waals surface area contributed by atoms with Gasteiger partial charge in [-0.3, -0.25) is 9.69 Å². The summed E-state index contributed by atoms with van der Waals surface area (Å²) < 4.78 is 10.8. The third kappa shape index (κ3) is 9.20. The predicted octanol–water partition coefficient (Wildman–Crippen LogP) is 1.80. The van der Waals surface area contributed by atoms with Gasteiger partial charge in [-0.05, 0) is 45.6 Å². The molecule has 6 nitrogen and oxygen atoms in total. The largest absolute Gasteiger partial charge is 0.383 e. The van der Waals surface area contributed by atoms with Crippen LogP contribution in [0.2, 0.25) is 0 Å². The normalized spacial score (nSPS) is 24.7. The second-order valence-corrected chi connectivity index (χ2v) is 7.30. The molecule has 0 aromatic carbocycles. The quantitative estimate of drug-likeness (QED) is 0.614. The van der Waals surface area contributed by atoms with Crippen LogP contribution in [0.15, 0.2) is 0 Å². The number of methoxy groups -OCH3 is 1. The molecule has 0 spiro atoms. The van der Waals surface area contributed by atoms with Crippen molar-refractivity contribution < 1.29 is 14.3 Å². The van der Waals surface area contributed by atoms with E-state index in [0.29, 0.717) is 25.4 Å². The minimum Gasteiger partial charge on any atom is -0.383 e. The molecule has 2 saturated heterocycles. The highest BCUT2D eigenvalue weighted by atomic mass is 35.5. The zero-order valence-electron chi connectivity index (χ0n) is 16.4. The fourth-order valence-corrected chi connectivity index (χ4v) is 3.78. The van der Waals surface area contributed by atoms with Crippen molar-refractivity contribution >= 4 is 30.7 Å². The molecule has 2 atom stereocenters. The number of rotatable bonds is 8. The van der Waals surface area contributed by atoms with Gasteiger partial charge in [0.2, 0.25) is 5.91 Å². The van der Waals surface area contributed by atoms with Crippen molar-refractivity contribution in [2.45, 2.75) is 45.3 Å². The number of carbonyl (C=O) groups excluding carboxylic acids is 1. The summed E-state index contributed by atoms with van der Waals surface area (Å²) in [6.07, 6.45) is 4.21. The monoisotopic (exact) mass is 413 g/mol. The maximum Gasteiger partial charge on any atom is 0.236 e. The number of amides is 1. The van der Waals surface area contributed by atoms with Gasteiger partial charge in [0.15, 0.2) is 0 Å². The minimum absolute atomic E-state index is 0. The molecule has 156 valence electrons. The maximum atomic E-state index is 12.1. The van der Waals surface area contributed by atoms with E-state index in [1.807, 2.05) is 4.90 Å². The zero-order chi connectivity index (χ0) is 17.4. The van der Waals surface area contributed by atoms with Crippen molar-refractivity contribution in [2.75, 3.05) is 59.5 Å². The van der Waals surface area contributed by atoms with E-state index in [0.717, 1.165) is 58.0 Å². The van der Waals surface area contributed by atoms with E-state index in [1.54, 1.807) is 7.11 Å². The third-order valence-electron chi connectivity index (χ3n) is 5.08. The lowest BCUT2D eigenvalue weighted by Gasteiger charge is -2.37. The molecule has 0 aromatic rings. The van der Waals surface area contributed by atoms with Crippen LogP contribution >= 0.6 is 24.8 Å². The van der Waals surface area contributed by atoms with Gasteiger partial charge in [0.05, 0.1) is 25.4 Å². The van der Waals surface area contributed by atoms with Gasteiger partial charge in [-0.2, -0.15) is 0 Å². The van der Waals surface area contributed by atoms with Crippen molar-refractivity contribution in [3.8, 4) is 0 Å². The second kappa shape index (κ2) is 14.0. The Hall–Kier alpha value is -0.110. The van der Waals surface area contributed by atoms with Crippen molar-refractivity contribution in [3.05, 3.63) is 0 Å². The van der Waals surface area contributed by atoms with Crippen LogP contribution in [0.5, 0.6) is 0 Å². The molecule has 2 aliphatic rings. The summed E-state index contributed by atoms with van der Waals surface area (Å²) in [6, 6.07) is 0. The van der Waals surface area contributed by atoms with Crippen LogP contribution in [-0.2, 0) is 14.3 Å². The molecular weight excluding hydrogens is 377 g/mol. The molecule has 0 radical (unpaired) electrons. The Morgan fingerprint density at radius 3 is 2.35 bits per heavy atom. The number of likely N-dealkylation sites (tertiary alicyclic amines) is 1. The molecule has 1 amide bonds. The smallest absolute Gasteiger partial charge is 0.236 e. The van der Waals surface area contributed by atoms with Crippen molar-refractivity contribution in [1.29, 1.82) is 0 Å². The van der Waals surface area contributed by atoms with E-state index < -0.39 is 0 Å². The van der Waals surface area contributed by atoms with Crippen LogP contribution in [0, 0.1) is 5.92 Å². The first-order valence-corrected chi connectivity index (χ1v) is 9.43. The van der Waals surface area contributed by atoms with Gasteiger partial charge in [0.1, 0.15) is 0 Å². The molecule has 26 heavy (non-hydrogen) atoms. The summed E-state index contributed by atoms with van der Waals surface area (Å²) in [5, 5.41) is 3.14. The fraction of sp³-hybridized carbons (Fsp3) is 0.944. The molecular formula is C18H37Cl2N3O3. The Bertz CT molecular complexity index is 373. The van der Waals surface area contributed by atoms with Gasteiger partial charge >= 0.3 is 0 Å². The number of hydrogen-bond acceptors (Lipinski definition) is 5. The van der Waals surface area contributed by atoms with Crippen LogP contribution in [0.1, 0.15) is 33.1 Å². The van der Waals surface area contributed by atoms with Crippen molar-refractivity contribution in [2.24, 2.45) is 5.92 Å². The second-order valence-electron chi connectivity index (χ2n) is 7.30. The average molecular weight is 414 g/mol. The van der Waals surface area contributed by atoms with Crippen LogP contribution in [0.4, 0.5) is 0 Å². The maximum absolute atomic E-state index is 12.1. The van der Waals surface area contributed by atoms with Crippen LogP contribution < -0.4 is 5.32 Å². The average Bonchev–Trinajstić information content (AvgIpc) is 2.56. The molecule has 2 aliphatic heterocycles. The molecule has 2 heterocycles. The number of ether oxygens (including phenoxy) is 2. The minimum atomic E-state index is 0. The van der Waals surface area contributed by atoms with E-state index >= 15 is 0 Å². The standard InChI is InChI=1S/C18H35N3O3.2ClH/c1-15-13-20(14-16(2)24-15)8-4-17-5-9-21(10-6-17)18(22)12-19-7-11-23-3;;/h15-17,19H,4-14H2,1-3H3;2*1H. The van der Waals surface area contributed by atoms with Crippen molar-refractivity contribution in [3.63, 3.8) is 0 Å². The Kier molecular flexibility index (Phi) is 13.9. The van der Waals surface area contributed by atoms with Gasteiger partial charge in [0, 0.05) is 39.8 Å². The number of nitrogens with one attached hydrogen (secondary N) is 1. The first-order chi connectivity index (χ1) is 11.6. The Morgan fingerprint density at radius 1 is 1.15 bits per heavy atom. The highest BCUT2D eigenvalue weighted by Crippen LogP contribution is 2.22. The lowest BCUT2D eigenvalue weighted by Crippen LogP contribution is -2.46. The molecule has 0 aromatic heterocycles. The summed E-state index contributed by atoms with van der Waals surface area (Å²) in [5.41, 5.74) is 0. The molecule has 0 saturated carbocycles. The first kappa shape index (κ1) is 25.9. The molecule has 2 rings (SSSR count). The summed E-state index contributed by atoms with van der Waals surface area (Å²) in [7, 11) is 1.67. The van der Waals surface area contributed by atoms with Gasteiger partial charge in [0.25, 0.3) is 0 Å².